The van der Waals surface area contributed by atoms with Crippen LogP contribution in [0, 0.1) is 0 Å². The molecule has 0 aliphatic carbocycles. The first kappa shape index (κ1) is 40.6. The Hall–Kier alpha value is -8.25. The first-order chi connectivity index (χ1) is 34.9. The van der Waals surface area contributed by atoms with Crippen molar-refractivity contribution in [2.75, 3.05) is 14.7 Å². The van der Waals surface area contributed by atoms with Gasteiger partial charge in [0.2, 0.25) is 0 Å². The number of rotatable bonds is 4. The van der Waals surface area contributed by atoms with Crippen LogP contribution in [0.25, 0.3) is 31.3 Å². The Labute approximate surface area is 418 Å². The maximum atomic E-state index is 7.49. The van der Waals surface area contributed by atoms with E-state index in [1.807, 2.05) is 11.3 Å². The number of nitrogens with zero attached hydrogens (tertiary/aromatic N) is 3. The van der Waals surface area contributed by atoms with E-state index in [4.69, 9.17) is 4.74 Å². The molecule has 11 aromatic rings. The van der Waals surface area contributed by atoms with Crippen molar-refractivity contribution in [2.24, 2.45) is 0 Å². The summed E-state index contributed by atoms with van der Waals surface area (Å²) in [5.74, 6) is 1.81. The van der Waals surface area contributed by atoms with Crippen molar-refractivity contribution in [3.63, 3.8) is 0 Å². The van der Waals surface area contributed by atoms with Crippen LogP contribution >= 0.6 is 11.3 Å². The summed E-state index contributed by atoms with van der Waals surface area (Å²) in [6.07, 6.45) is 0. The minimum atomic E-state index is -0.124. The molecule has 4 nitrogen and oxygen atoms in total. The Balaban J connectivity index is 1.03. The maximum absolute atomic E-state index is 7.49. The van der Waals surface area contributed by atoms with Crippen molar-refractivity contribution in [2.45, 2.75) is 26.2 Å². The Morgan fingerprint density at radius 2 is 0.930 bits per heavy atom. The second-order valence-electron chi connectivity index (χ2n) is 20.4. The third-order valence-electron chi connectivity index (χ3n) is 15.4. The molecule has 4 aliphatic rings. The molecule has 0 bridgehead atoms. The largest absolute Gasteiger partial charge is 0.458 e. The van der Waals surface area contributed by atoms with Crippen LogP contribution < -0.4 is 52.2 Å². The summed E-state index contributed by atoms with van der Waals surface area (Å²) in [6.45, 7) is 6.78. The van der Waals surface area contributed by atoms with Crippen molar-refractivity contribution in [1.29, 1.82) is 0 Å². The van der Waals surface area contributed by atoms with E-state index in [0.717, 1.165) is 34.2 Å². The molecule has 0 atom stereocenters. The Morgan fingerprint density at radius 1 is 0.380 bits per heavy atom. The normalized spacial score (nSPS) is 13.8. The van der Waals surface area contributed by atoms with Gasteiger partial charge >= 0.3 is 0 Å². The van der Waals surface area contributed by atoms with Crippen LogP contribution in [0.15, 0.2) is 218 Å². The van der Waals surface area contributed by atoms with Gasteiger partial charge in [0.15, 0.2) is 0 Å². The zero-order chi connectivity index (χ0) is 47.1. The van der Waals surface area contributed by atoms with E-state index in [2.05, 4.69) is 254 Å². The fraction of sp³-hybridized carbons (Fsp3) is 0.0625. The predicted octanol–water partition coefficient (Wildman–Crippen LogP) is 13.5. The summed E-state index contributed by atoms with van der Waals surface area (Å²) in [5, 5.41) is 2.59. The predicted molar refractivity (Wildman–Crippen MR) is 303 cm³/mol. The molecule has 4 aliphatic heterocycles. The Kier molecular flexibility index (Phi) is 8.65. The quantitative estimate of drug-likeness (QED) is 0.164. The number of hydrogen-bond acceptors (Lipinski definition) is 5. The van der Waals surface area contributed by atoms with E-state index < -0.39 is 0 Å². The van der Waals surface area contributed by atoms with Crippen molar-refractivity contribution in [1.82, 2.24) is 0 Å². The lowest BCUT2D eigenvalue weighted by atomic mass is 9.30. The van der Waals surface area contributed by atoms with E-state index in [-0.39, 0.29) is 18.8 Å². The first-order valence-electron chi connectivity index (χ1n) is 24.7. The number of fused-ring (bicyclic) bond motifs is 11. The standard InChI is InChI=1S/C64H45B2N3OS/c1-64(2,3)40-36-57-62-59(37-40)70-58-39-56-49(38-50(58)66(62)48-29-13-16-32-53(48)68(57)42-22-8-5-9-23-42)65-47-28-12-15-31-52(47)67(41-20-6-4-7-21-41)54-33-19-34-55(61(54)65)69(56)51-30-14-10-24-43(51)45-26-18-27-46-44-25-11-17-35-60(44)71-63(45)46/h4-39H,1-3H3. The summed E-state index contributed by atoms with van der Waals surface area (Å²) in [4.78, 5) is 7.50. The highest BCUT2D eigenvalue weighted by molar-refractivity contribution is 7.26. The molecular weight excluding hydrogens is 880 g/mol. The van der Waals surface area contributed by atoms with Gasteiger partial charge in [-0.2, -0.15) is 0 Å². The van der Waals surface area contributed by atoms with Crippen LogP contribution in [0.1, 0.15) is 26.3 Å². The lowest BCUT2D eigenvalue weighted by molar-refractivity contribution is 0.483. The molecule has 15 rings (SSSR count). The van der Waals surface area contributed by atoms with Gasteiger partial charge in [0, 0.05) is 82.9 Å². The van der Waals surface area contributed by atoms with Crippen LogP contribution in [0.2, 0.25) is 0 Å². The summed E-state index contributed by atoms with van der Waals surface area (Å²) in [5.41, 5.74) is 21.5. The van der Waals surface area contributed by atoms with Crippen LogP contribution in [-0.4, -0.2) is 13.4 Å². The molecule has 7 heteroatoms. The molecule has 0 N–H and O–H groups in total. The first-order valence-corrected chi connectivity index (χ1v) is 25.6. The SMILES string of the molecule is CC(C)(C)c1cc2c3c(c1)N(c1ccccc1)c1ccccc1B3c1cc3c(cc1O2)N(c1ccccc1-c1cccc2c1sc1ccccc12)c1cccc2c1B3c1ccccc1N2c1ccccc1. The highest BCUT2D eigenvalue weighted by atomic mass is 32.1. The van der Waals surface area contributed by atoms with E-state index in [1.54, 1.807) is 0 Å². The van der Waals surface area contributed by atoms with Crippen molar-refractivity contribution >= 4 is 129 Å². The summed E-state index contributed by atoms with van der Waals surface area (Å²) < 4.78 is 10.1. The fourth-order valence-corrected chi connectivity index (χ4v) is 13.6. The third kappa shape index (κ3) is 5.87. The number of ether oxygens (including phenoxy) is 1. The van der Waals surface area contributed by atoms with Crippen molar-refractivity contribution in [3.8, 4) is 22.6 Å². The van der Waals surface area contributed by atoms with E-state index in [0.29, 0.717) is 0 Å². The molecule has 0 amide bonds. The van der Waals surface area contributed by atoms with Gasteiger partial charge in [-0.25, -0.2) is 0 Å². The van der Waals surface area contributed by atoms with Crippen molar-refractivity contribution in [3.05, 3.63) is 224 Å². The second-order valence-corrected chi connectivity index (χ2v) is 21.4. The van der Waals surface area contributed by atoms with Gasteiger partial charge in [0.1, 0.15) is 11.5 Å². The van der Waals surface area contributed by atoms with Crippen LogP contribution in [0.4, 0.5) is 51.2 Å². The average molecular weight is 926 g/mol. The number of para-hydroxylation sites is 5. The molecule has 0 unspecified atom stereocenters. The zero-order valence-corrected chi connectivity index (χ0v) is 40.4. The monoisotopic (exact) mass is 925 g/mol. The van der Waals surface area contributed by atoms with E-state index >= 15 is 0 Å². The van der Waals surface area contributed by atoms with Crippen LogP contribution in [0.5, 0.6) is 11.5 Å². The van der Waals surface area contributed by atoms with Crippen LogP contribution in [-0.2, 0) is 5.41 Å². The molecule has 1 aromatic heterocycles. The van der Waals surface area contributed by atoms with Gasteiger partial charge in [0.05, 0.1) is 5.69 Å². The number of anilines is 9. The molecular formula is C64H45B2N3OS. The number of hydrogen-bond donors (Lipinski definition) is 0. The van der Waals surface area contributed by atoms with Gasteiger partial charge < -0.3 is 19.4 Å². The average Bonchev–Trinajstić information content (AvgIpc) is 3.80. The summed E-state index contributed by atoms with van der Waals surface area (Å²) in [7, 11) is 0. The van der Waals surface area contributed by atoms with Crippen LogP contribution in [0.3, 0.4) is 0 Å². The van der Waals surface area contributed by atoms with Gasteiger partial charge in [-0.3, -0.25) is 0 Å². The zero-order valence-electron chi connectivity index (χ0n) is 39.6. The Morgan fingerprint density at radius 3 is 1.65 bits per heavy atom. The second kappa shape index (κ2) is 15.1. The smallest absolute Gasteiger partial charge is 0.256 e. The van der Waals surface area contributed by atoms with Crippen molar-refractivity contribution < 1.29 is 4.74 Å². The van der Waals surface area contributed by atoms with E-state index in [1.165, 1.54) is 98.1 Å². The molecule has 0 saturated carbocycles. The molecule has 0 saturated heterocycles. The van der Waals surface area contributed by atoms with E-state index in [9.17, 15) is 0 Å². The molecule has 334 valence electrons. The minimum absolute atomic E-state index is 0.0594. The lowest BCUT2D eigenvalue weighted by Gasteiger charge is -2.45. The molecule has 5 heterocycles. The molecule has 0 radical (unpaired) electrons. The molecule has 10 aromatic carbocycles. The highest BCUT2D eigenvalue weighted by Crippen LogP contribution is 2.50. The highest BCUT2D eigenvalue weighted by Gasteiger charge is 2.48. The summed E-state index contributed by atoms with van der Waals surface area (Å²) in [6, 6.07) is 81.1. The maximum Gasteiger partial charge on any atom is 0.256 e. The minimum Gasteiger partial charge on any atom is -0.458 e. The fourth-order valence-electron chi connectivity index (χ4n) is 12.3. The van der Waals surface area contributed by atoms with Gasteiger partial charge in [-0.15, -0.1) is 11.3 Å². The Bertz CT molecular complexity index is 4010. The van der Waals surface area contributed by atoms with Gasteiger partial charge in [0.25, 0.3) is 13.4 Å². The third-order valence-corrected chi connectivity index (χ3v) is 16.7. The number of benzene rings is 10. The van der Waals surface area contributed by atoms with Gasteiger partial charge in [-0.1, -0.05) is 160 Å². The number of thiophene rings is 1. The molecule has 0 fully saturated rings. The molecule has 71 heavy (non-hydrogen) atoms. The molecule has 0 spiro atoms. The lowest BCUT2D eigenvalue weighted by Crippen LogP contribution is -2.64. The summed E-state index contributed by atoms with van der Waals surface area (Å²) >= 11 is 1.88. The topological polar surface area (TPSA) is 19.0 Å². The van der Waals surface area contributed by atoms with Gasteiger partial charge in [-0.05, 0) is 117 Å².